The Labute approximate surface area is 121 Å². The normalized spacial score (nSPS) is 13.2. The van der Waals surface area contributed by atoms with E-state index in [0.29, 0.717) is 5.90 Å². The summed E-state index contributed by atoms with van der Waals surface area (Å²) in [6.45, 7) is 2.98. The van der Waals surface area contributed by atoms with E-state index in [1.54, 1.807) is 0 Å². The van der Waals surface area contributed by atoms with Crippen molar-refractivity contribution in [3.05, 3.63) is 35.9 Å². The van der Waals surface area contributed by atoms with Crippen LogP contribution in [0.1, 0.15) is 51.0 Å². The van der Waals surface area contributed by atoms with Crippen molar-refractivity contribution in [3.63, 3.8) is 0 Å². The van der Waals surface area contributed by atoms with Crippen LogP contribution in [0, 0.1) is 0 Å². The molecule has 3 heteroatoms. The number of anilines is 1. The molecule has 3 nitrogen and oxygen atoms in total. The van der Waals surface area contributed by atoms with Crippen molar-refractivity contribution in [2.75, 3.05) is 12.0 Å². The van der Waals surface area contributed by atoms with Crippen LogP contribution in [-0.4, -0.2) is 12.5 Å². The number of hydrazone groups is 1. The maximum absolute atomic E-state index is 5.70. The SMILES string of the molecule is CCCCCCCCOC1=NNc2ccccc2C=C1. The van der Waals surface area contributed by atoms with E-state index < -0.39 is 0 Å². The van der Waals surface area contributed by atoms with E-state index in [2.05, 4.69) is 23.5 Å². The van der Waals surface area contributed by atoms with Gasteiger partial charge in [0.1, 0.15) is 0 Å². The van der Waals surface area contributed by atoms with Gasteiger partial charge in [0.05, 0.1) is 12.3 Å². The second kappa shape index (κ2) is 8.41. The van der Waals surface area contributed by atoms with Crippen LogP contribution >= 0.6 is 0 Å². The number of ether oxygens (including phenoxy) is 1. The average Bonchev–Trinajstić information content (AvgIpc) is 2.69. The second-order valence-electron chi connectivity index (χ2n) is 5.10. The molecule has 20 heavy (non-hydrogen) atoms. The highest BCUT2D eigenvalue weighted by Gasteiger charge is 2.04. The Morgan fingerprint density at radius 1 is 1.00 bits per heavy atom. The van der Waals surface area contributed by atoms with Crippen LogP contribution in [0.3, 0.4) is 0 Å². The van der Waals surface area contributed by atoms with E-state index >= 15 is 0 Å². The van der Waals surface area contributed by atoms with Gasteiger partial charge in [0.15, 0.2) is 0 Å². The molecule has 1 heterocycles. The van der Waals surface area contributed by atoms with Crippen LogP contribution in [0.15, 0.2) is 35.4 Å². The molecule has 0 aliphatic carbocycles. The number of benzene rings is 1. The van der Waals surface area contributed by atoms with Crippen LogP contribution in [-0.2, 0) is 4.74 Å². The Morgan fingerprint density at radius 2 is 1.80 bits per heavy atom. The Morgan fingerprint density at radius 3 is 2.70 bits per heavy atom. The molecular weight excluding hydrogens is 248 g/mol. The van der Waals surface area contributed by atoms with Crippen LogP contribution in [0.5, 0.6) is 0 Å². The lowest BCUT2D eigenvalue weighted by Crippen LogP contribution is -2.05. The van der Waals surface area contributed by atoms with E-state index in [1.165, 1.54) is 32.1 Å². The summed E-state index contributed by atoms with van der Waals surface area (Å²) in [6.07, 6.45) is 11.6. The summed E-state index contributed by atoms with van der Waals surface area (Å²) < 4.78 is 5.70. The first-order valence-corrected chi connectivity index (χ1v) is 7.64. The van der Waals surface area contributed by atoms with Gasteiger partial charge in [0, 0.05) is 6.08 Å². The van der Waals surface area contributed by atoms with Gasteiger partial charge in [-0.3, -0.25) is 5.43 Å². The molecule has 0 saturated carbocycles. The molecule has 1 aromatic rings. The molecule has 0 radical (unpaired) electrons. The molecule has 0 bridgehead atoms. The average molecular weight is 272 g/mol. The molecule has 0 saturated heterocycles. The molecule has 108 valence electrons. The van der Waals surface area contributed by atoms with Gasteiger partial charge in [-0.1, -0.05) is 57.2 Å². The summed E-state index contributed by atoms with van der Waals surface area (Å²) in [7, 11) is 0. The van der Waals surface area contributed by atoms with Crippen molar-refractivity contribution in [2.45, 2.75) is 45.4 Å². The van der Waals surface area contributed by atoms with Gasteiger partial charge in [-0.25, -0.2) is 0 Å². The molecule has 0 amide bonds. The molecule has 1 aliphatic heterocycles. The zero-order valence-corrected chi connectivity index (χ0v) is 12.3. The van der Waals surface area contributed by atoms with Crippen molar-refractivity contribution in [2.24, 2.45) is 5.10 Å². The minimum Gasteiger partial charge on any atom is -0.477 e. The molecule has 1 aliphatic rings. The Kier molecular flexibility index (Phi) is 6.15. The largest absolute Gasteiger partial charge is 0.477 e. The van der Waals surface area contributed by atoms with Crippen LogP contribution < -0.4 is 5.43 Å². The third kappa shape index (κ3) is 4.72. The monoisotopic (exact) mass is 272 g/mol. The molecule has 1 aromatic carbocycles. The van der Waals surface area contributed by atoms with E-state index in [9.17, 15) is 0 Å². The fourth-order valence-corrected chi connectivity index (χ4v) is 2.20. The maximum atomic E-state index is 5.70. The Bertz CT molecular complexity index is 466. The third-order valence-corrected chi connectivity index (χ3v) is 3.40. The summed E-state index contributed by atoms with van der Waals surface area (Å²) in [5, 5.41) is 4.27. The van der Waals surface area contributed by atoms with E-state index in [1.807, 2.05) is 30.4 Å². The zero-order chi connectivity index (χ0) is 14.0. The summed E-state index contributed by atoms with van der Waals surface area (Å²) in [5.41, 5.74) is 5.19. The Balaban J connectivity index is 1.69. The van der Waals surface area contributed by atoms with Gasteiger partial charge in [-0.05, 0) is 24.1 Å². The predicted octanol–water partition coefficient (Wildman–Crippen LogP) is 4.82. The number of hydrogen-bond donors (Lipinski definition) is 1. The summed E-state index contributed by atoms with van der Waals surface area (Å²) in [4.78, 5) is 0. The molecule has 0 unspecified atom stereocenters. The number of hydrogen-bond acceptors (Lipinski definition) is 3. The molecule has 0 spiro atoms. The smallest absolute Gasteiger partial charge is 0.230 e. The van der Waals surface area contributed by atoms with E-state index in [4.69, 9.17) is 4.74 Å². The number of fused-ring (bicyclic) bond motifs is 1. The minimum atomic E-state index is 0.662. The van der Waals surface area contributed by atoms with Crippen LogP contribution in [0.4, 0.5) is 5.69 Å². The lowest BCUT2D eigenvalue weighted by atomic mass is 10.1. The molecule has 0 aromatic heterocycles. The maximum Gasteiger partial charge on any atom is 0.230 e. The topological polar surface area (TPSA) is 33.6 Å². The van der Waals surface area contributed by atoms with Gasteiger partial charge in [-0.2, -0.15) is 0 Å². The summed E-state index contributed by atoms with van der Waals surface area (Å²) >= 11 is 0. The minimum absolute atomic E-state index is 0.662. The van der Waals surface area contributed by atoms with Crippen LogP contribution in [0.25, 0.3) is 6.08 Å². The molecule has 0 atom stereocenters. The number of para-hydroxylation sites is 1. The lowest BCUT2D eigenvalue weighted by Gasteiger charge is -2.05. The number of rotatable bonds is 7. The summed E-state index contributed by atoms with van der Waals surface area (Å²) in [5.74, 6) is 0.662. The van der Waals surface area contributed by atoms with Gasteiger partial charge in [0.2, 0.25) is 5.90 Å². The molecule has 0 fully saturated rings. The second-order valence-corrected chi connectivity index (χ2v) is 5.10. The van der Waals surface area contributed by atoms with Crippen molar-refractivity contribution in [1.82, 2.24) is 0 Å². The first-order valence-electron chi connectivity index (χ1n) is 7.64. The van der Waals surface area contributed by atoms with Gasteiger partial charge in [0.25, 0.3) is 0 Å². The van der Waals surface area contributed by atoms with Crippen LogP contribution in [0.2, 0.25) is 0 Å². The fourth-order valence-electron chi connectivity index (χ4n) is 2.20. The molecule has 2 rings (SSSR count). The third-order valence-electron chi connectivity index (χ3n) is 3.40. The Hall–Kier alpha value is -1.77. The standard InChI is InChI=1S/C17H24N2O/c1-2-3-4-5-6-9-14-20-17-13-12-15-10-7-8-11-16(15)18-19-17/h7-8,10-13,18H,2-6,9,14H2,1H3. The first kappa shape index (κ1) is 14.6. The molecular formula is C17H24N2O. The van der Waals surface area contributed by atoms with Crippen molar-refractivity contribution in [3.8, 4) is 0 Å². The van der Waals surface area contributed by atoms with Crippen molar-refractivity contribution >= 4 is 17.7 Å². The van der Waals surface area contributed by atoms with E-state index in [0.717, 1.165) is 24.3 Å². The van der Waals surface area contributed by atoms with Crippen molar-refractivity contribution < 1.29 is 4.74 Å². The molecule has 1 N–H and O–H groups in total. The lowest BCUT2D eigenvalue weighted by molar-refractivity contribution is 0.294. The van der Waals surface area contributed by atoms with E-state index in [-0.39, 0.29) is 0 Å². The highest BCUT2D eigenvalue weighted by molar-refractivity contribution is 5.94. The summed E-state index contributed by atoms with van der Waals surface area (Å²) in [6, 6.07) is 8.09. The first-order chi connectivity index (χ1) is 9.90. The quantitative estimate of drug-likeness (QED) is 0.722. The number of nitrogens with zero attached hydrogens (tertiary/aromatic N) is 1. The van der Waals surface area contributed by atoms with Crippen molar-refractivity contribution in [1.29, 1.82) is 0 Å². The van der Waals surface area contributed by atoms with Gasteiger partial charge < -0.3 is 4.74 Å². The number of unbranched alkanes of at least 4 members (excludes halogenated alkanes) is 5. The highest BCUT2D eigenvalue weighted by atomic mass is 16.5. The fraction of sp³-hybridized carbons (Fsp3) is 0.471. The number of nitrogens with one attached hydrogen (secondary N) is 1. The van der Waals surface area contributed by atoms with Gasteiger partial charge in [-0.15, -0.1) is 5.10 Å². The highest BCUT2D eigenvalue weighted by Crippen LogP contribution is 2.19. The predicted molar refractivity (Wildman–Crippen MR) is 85.9 cm³/mol. The van der Waals surface area contributed by atoms with Gasteiger partial charge >= 0.3 is 0 Å². The zero-order valence-electron chi connectivity index (χ0n) is 12.3.